The van der Waals surface area contributed by atoms with Crippen LogP contribution in [0.5, 0.6) is 0 Å². The van der Waals surface area contributed by atoms with Crippen molar-refractivity contribution in [3.05, 3.63) is 46.5 Å². The Morgan fingerprint density at radius 1 is 1.24 bits per heavy atom. The molecule has 1 amide bonds. The Morgan fingerprint density at radius 3 is 2.95 bits per heavy atom. The quantitative estimate of drug-likeness (QED) is 0.745. The predicted octanol–water partition coefficient (Wildman–Crippen LogP) is 3.50. The van der Waals surface area contributed by atoms with Gasteiger partial charge in [0.15, 0.2) is 0 Å². The minimum atomic E-state index is -0.134. The van der Waals surface area contributed by atoms with Crippen molar-refractivity contribution >= 4 is 54.9 Å². The molecule has 5 nitrogen and oxygen atoms in total. The lowest BCUT2D eigenvalue weighted by Gasteiger charge is -2.08. The highest BCUT2D eigenvalue weighted by Gasteiger charge is 2.08. The summed E-state index contributed by atoms with van der Waals surface area (Å²) in [5, 5.41) is 7.83. The summed E-state index contributed by atoms with van der Waals surface area (Å²) in [5.41, 5.74) is 1.62. The maximum absolute atomic E-state index is 12.0. The van der Waals surface area contributed by atoms with Gasteiger partial charge in [0, 0.05) is 4.47 Å². The maximum atomic E-state index is 12.0. The molecule has 0 saturated carbocycles. The van der Waals surface area contributed by atoms with E-state index < -0.39 is 0 Å². The molecule has 0 atom stereocenters. The number of carbonyl (C=O) groups is 1. The summed E-state index contributed by atoms with van der Waals surface area (Å²) in [6.07, 6.45) is 1.49. The fourth-order valence-electron chi connectivity index (χ4n) is 1.84. The number of aromatic nitrogens is 2. The summed E-state index contributed by atoms with van der Waals surface area (Å²) >= 11 is 4.94. The van der Waals surface area contributed by atoms with Crippen LogP contribution >= 0.6 is 27.3 Å². The summed E-state index contributed by atoms with van der Waals surface area (Å²) in [6.45, 7) is 0.144. The molecule has 2 aromatic heterocycles. The zero-order chi connectivity index (χ0) is 14.7. The van der Waals surface area contributed by atoms with Crippen molar-refractivity contribution in [1.29, 1.82) is 0 Å². The van der Waals surface area contributed by atoms with Crippen LogP contribution in [0.4, 0.5) is 11.5 Å². The average Bonchev–Trinajstić information content (AvgIpc) is 2.96. The first-order valence-corrected chi connectivity index (χ1v) is 7.88. The van der Waals surface area contributed by atoms with Crippen LogP contribution in [0.3, 0.4) is 0 Å². The monoisotopic (exact) mass is 362 g/mol. The number of hydrogen-bond donors (Lipinski definition) is 2. The molecule has 2 N–H and O–H groups in total. The number of benzene rings is 1. The first-order chi connectivity index (χ1) is 10.2. The molecule has 0 spiro atoms. The van der Waals surface area contributed by atoms with Gasteiger partial charge in [0.1, 0.15) is 12.1 Å². The number of halogens is 1. The molecule has 0 fully saturated rings. The van der Waals surface area contributed by atoms with Gasteiger partial charge >= 0.3 is 0 Å². The van der Waals surface area contributed by atoms with Crippen LogP contribution in [0.15, 0.2) is 46.5 Å². The van der Waals surface area contributed by atoms with Gasteiger partial charge in [-0.1, -0.05) is 12.1 Å². The van der Waals surface area contributed by atoms with Gasteiger partial charge < -0.3 is 10.6 Å². The third-order valence-corrected chi connectivity index (χ3v) is 4.41. The smallest absolute Gasteiger partial charge is 0.243 e. The van der Waals surface area contributed by atoms with Gasteiger partial charge in [-0.05, 0) is 39.5 Å². The summed E-state index contributed by atoms with van der Waals surface area (Å²) in [6, 6.07) is 9.40. The number of hydrogen-bond acceptors (Lipinski definition) is 5. The molecule has 0 saturated heterocycles. The normalized spacial score (nSPS) is 10.5. The molecule has 0 bridgehead atoms. The first kappa shape index (κ1) is 14.0. The molecule has 2 heterocycles. The second kappa shape index (κ2) is 6.19. The number of nitrogens with one attached hydrogen (secondary N) is 2. The fourth-order valence-corrected chi connectivity index (χ4v) is 3.03. The van der Waals surface area contributed by atoms with E-state index in [9.17, 15) is 4.79 Å². The summed E-state index contributed by atoms with van der Waals surface area (Å²) in [5.74, 6) is 0.544. The Hall–Kier alpha value is -1.99. The number of thiophene rings is 1. The lowest BCUT2D eigenvalue weighted by molar-refractivity contribution is -0.114. The topological polar surface area (TPSA) is 66.9 Å². The molecule has 0 aliphatic rings. The van der Waals surface area contributed by atoms with Gasteiger partial charge in [0.05, 0.1) is 22.4 Å². The molecule has 0 radical (unpaired) electrons. The Morgan fingerprint density at radius 2 is 2.10 bits per heavy atom. The highest BCUT2D eigenvalue weighted by atomic mass is 79.9. The Labute approximate surface area is 133 Å². The van der Waals surface area contributed by atoms with Crippen LogP contribution < -0.4 is 10.6 Å². The van der Waals surface area contributed by atoms with Gasteiger partial charge in [0.25, 0.3) is 0 Å². The summed E-state index contributed by atoms with van der Waals surface area (Å²) < 4.78 is 1.80. The number of rotatable bonds is 4. The molecular weight excluding hydrogens is 352 g/mol. The van der Waals surface area contributed by atoms with Crippen LogP contribution in [0.1, 0.15) is 0 Å². The van der Waals surface area contributed by atoms with Crippen LogP contribution in [-0.2, 0) is 4.79 Å². The third kappa shape index (κ3) is 3.20. The van der Waals surface area contributed by atoms with Gasteiger partial charge in [-0.15, -0.1) is 11.3 Å². The first-order valence-electron chi connectivity index (χ1n) is 6.20. The Bertz CT molecular complexity index is 789. The van der Waals surface area contributed by atoms with Gasteiger partial charge in [-0.3, -0.25) is 4.79 Å². The maximum Gasteiger partial charge on any atom is 0.243 e. The van der Waals surface area contributed by atoms with Gasteiger partial charge in [0.2, 0.25) is 5.91 Å². The second-order valence-electron chi connectivity index (χ2n) is 4.24. The highest BCUT2D eigenvalue weighted by Crippen LogP contribution is 2.25. The highest BCUT2D eigenvalue weighted by molar-refractivity contribution is 9.10. The van der Waals surface area contributed by atoms with Crippen molar-refractivity contribution in [2.75, 3.05) is 17.2 Å². The zero-order valence-corrected chi connectivity index (χ0v) is 13.2. The van der Waals surface area contributed by atoms with E-state index >= 15 is 0 Å². The van der Waals surface area contributed by atoms with Crippen molar-refractivity contribution in [2.24, 2.45) is 0 Å². The fraction of sp³-hybridized carbons (Fsp3) is 0.0714. The van der Waals surface area contributed by atoms with Crippen LogP contribution in [0.2, 0.25) is 0 Å². The van der Waals surface area contributed by atoms with Crippen molar-refractivity contribution in [3.8, 4) is 0 Å². The van der Waals surface area contributed by atoms with E-state index in [0.29, 0.717) is 5.82 Å². The number of anilines is 2. The predicted molar refractivity (Wildman–Crippen MR) is 88.7 cm³/mol. The van der Waals surface area contributed by atoms with Crippen LogP contribution in [0, 0.1) is 0 Å². The minimum absolute atomic E-state index is 0.134. The molecule has 21 heavy (non-hydrogen) atoms. The number of nitrogens with zero attached hydrogens (tertiary/aromatic N) is 2. The van der Waals surface area contributed by atoms with Crippen molar-refractivity contribution in [1.82, 2.24) is 9.97 Å². The van der Waals surface area contributed by atoms with Crippen molar-refractivity contribution in [2.45, 2.75) is 0 Å². The van der Waals surface area contributed by atoms with E-state index in [-0.39, 0.29) is 12.5 Å². The van der Waals surface area contributed by atoms with E-state index in [1.54, 1.807) is 11.3 Å². The van der Waals surface area contributed by atoms with E-state index in [2.05, 4.69) is 36.5 Å². The van der Waals surface area contributed by atoms with Crippen molar-refractivity contribution < 1.29 is 4.79 Å². The lowest BCUT2D eigenvalue weighted by Crippen LogP contribution is -2.22. The van der Waals surface area contributed by atoms with E-state index in [0.717, 1.165) is 20.4 Å². The number of fused-ring (bicyclic) bond motifs is 1. The van der Waals surface area contributed by atoms with Crippen LogP contribution in [0.25, 0.3) is 10.2 Å². The van der Waals surface area contributed by atoms with Crippen molar-refractivity contribution in [3.63, 3.8) is 0 Å². The van der Waals surface area contributed by atoms with E-state index in [1.807, 2.05) is 35.7 Å². The zero-order valence-electron chi connectivity index (χ0n) is 10.8. The molecule has 106 valence electrons. The third-order valence-electron chi connectivity index (χ3n) is 2.81. The van der Waals surface area contributed by atoms with Crippen LogP contribution in [-0.4, -0.2) is 22.4 Å². The Balaban J connectivity index is 1.66. The lowest BCUT2D eigenvalue weighted by atomic mass is 10.3. The number of amides is 1. The van der Waals surface area contributed by atoms with Gasteiger partial charge in [-0.25, -0.2) is 9.97 Å². The molecule has 7 heteroatoms. The molecule has 3 rings (SSSR count). The summed E-state index contributed by atoms with van der Waals surface area (Å²) in [7, 11) is 0. The standard InChI is InChI=1S/C14H11BrN4OS/c15-9-3-1-2-4-10(9)19-12(20)7-16-14-13-11(5-6-21-13)17-8-18-14/h1-6,8H,7H2,(H,19,20)(H,16,17,18). The molecule has 1 aromatic carbocycles. The number of carbonyl (C=O) groups excluding carboxylic acids is 1. The molecule has 0 aliphatic heterocycles. The molecule has 0 aliphatic carbocycles. The SMILES string of the molecule is O=C(CNc1ncnc2ccsc12)Nc1ccccc1Br. The molecular formula is C14H11BrN4OS. The second-order valence-corrected chi connectivity index (χ2v) is 6.01. The minimum Gasteiger partial charge on any atom is -0.360 e. The summed E-state index contributed by atoms with van der Waals surface area (Å²) in [4.78, 5) is 20.3. The number of para-hydroxylation sites is 1. The average molecular weight is 363 g/mol. The molecule has 0 unspecified atom stereocenters. The Kier molecular flexibility index (Phi) is 4.12. The van der Waals surface area contributed by atoms with E-state index in [4.69, 9.17) is 0 Å². The van der Waals surface area contributed by atoms with E-state index in [1.165, 1.54) is 6.33 Å². The van der Waals surface area contributed by atoms with Gasteiger partial charge in [-0.2, -0.15) is 0 Å². The largest absolute Gasteiger partial charge is 0.360 e. The molecule has 3 aromatic rings.